The van der Waals surface area contributed by atoms with E-state index in [9.17, 15) is 0 Å². The third-order valence-electron chi connectivity index (χ3n) is 2.46. The lowest BCUT2D eigenvalue weighted by atomic mass is 10.1. The first-order valence-corrected chi connectivity index (χ1v) is 5.97. The number of nitrogens with zero attached hydrogens (tertiary/aromatic N) is 1. The summed E-state index contributed by atoms with van der Waals surface area (Å²) in [4.78, 5) is 4.49. The maximum Gasteiger partial charge on any atom is 0.119 e. The number of ether oxygens (including phenoxy) is 1. The van der Waals surface area contributed by atoms with E-state index in [1.807, 2.05) is 38.1 Å². The number of anilines is 1. The summed E-state index contributed by atoms with van der Waals surface area (Å²) < 4.78 is 5.15. The van der Waals surface area contributed by atoms with Crippen LogP contribution in [0.25, 0.3) is 10.9 Å². The molecule has 0 fully saturated rings. The molecule has 1 heterocycles. The van der Waals surface area contributed by atoms with Gasteiger partial charge in [0.25, 0.3) is 0 Å². The lowest BCUT2D eigenvalue weighted by Crippen LogP contribution is -1.95. The number of rotatable bonds is 2. The van der Waals surface area contributed by atoms with Crippen LogP contribution in [0.2, 0.25) is 0 Å². The number of methoxy groups -OCH3 is 1. The second kappa shape index (κ2) is 6.09. The Morgan fingerprint density at radius 3 is 2.53 bits per heavy atom. The molecule has 0 aliphatic heterocycles. The van der Waals surface area contributed by atoms with E-state index >= 15 is 0 Å². The highest BCUT2D eigenvalue weighted by molar-refractivity contribution is 5.91. The monoisotopic (exact) mass is 232 g/mol. The van der Waals surface area contributed by atoms with Crippen molar-refractivity contribution in [1.29, 1.82) is 0 Å². The minimum atomic E-state index is 0.760. The van der Waals surface area contributed by atoms with Gasteiger partial charge in [0.05, 0.1) is 12.6 Å². The van der Waals surface area contributed by atoms with Gasteiger partial charge in [-0.2, -0.15) is 0 Å². The minimum absolute atomic E-state index is 0.760. The van der Waals surface area contributed by atoms with Crippen molar-refractivity contribution in [2.45, 2.75) is 27.2 Å². The SMILES string of the molecule is CC.CCc1cc(N)c2cc(OC)ccc2n1. The van der Waals surface area contributed by atoms with Crippen molar-refractivity contribution in [3.05, 3.63) is 30.0 Å². The number of fused-ring (bicyclic) bond motifs is 1. The van der Waals surface area contributed by atoms with Gasteiger partial charge < -0.3 is 10.5 Å². The lowest BCUT2D eigenvalue weighted by molar-refractivity contribution is 0.415. The van der Waals surface area contributed by atoms with E-state index in [-0.39, 0.29) is 0 Å². The molecule has 3 heteroatoms. The van der Waals surface area contributed by atoms with Gasteiger partial charge in [-0.15, -0.1) is 0 Å². The molecule has 3 nitrogen and oxygen atoms in total. The van der Waals surface area contributed by atoms with Crippen molar-refractivity contribution in [3.8, 4) is 5.75 Å². The number of nitrogen functional groups attached to an aromatic ring is 1. The minimum Gasteiger partial charge on any atom is -0.497 e. The molecule has 2 aromatic rings. The molecule has 0 aliphatic carbocycles. The summed E-state index contributed by atoms with van der Waals surface area (Å²) in [6.45, 7) is 6.07. The predicted molar refractivity (Wildman–Crippen MR) is 73.4 cm³/mol. The molecular weight excluding hydrogens is 212 g/mol. The maximum atomic E-state index is 5.96. The Hall–Kier alpha value is -1.77. The molecule has 0 saturated carbocycles. The van der Waals surface area contributed by atoms with Crippen LogP contribution in [0, 0.1) is 0 Å². The number of nitrogens with two attached hydrogens (primary N) is 1. The van der Waals surface area contributed by atoms with Crippen LogP contribution in [0.3, 0.4) is 0 Å². The first kappa shape index (κ1) is 13.3. The van der Waals surface area contributed by atoms with Crippen LogP contribution in [-0.4, -0.2) is 12.1 Å². The van der Waals surface area contributed by atoms with Crippen LogP contribution >= 0.6 is 0 Å². The van der Waals surface area contributed by atoms with E-state index in [1.54, 1.807) is 7.11 Å². The van der Waals surface area contributed by atoms with E-state index in [0.29, 0.717) is 0 Å². The average Bonchev–Trinajstić information content (AvgIpc) is 2.40. The predicted octanol–water partition coefficient (Wildman–Crippen LogP) is 3.41. The van der Waals surface area contributed by atoms with Crippen LogP contribution in [0.5, 0.6) is 5.75 Å². The third kappa shape index (κ3) is 2.87. The van der Waals surface area contributed by atoms with Crippen molar-refractivity contribution in [3.63, 3.8) is 0 Å². The van der Waals surface area contributed by atoms with E-state index in [2.05, 4.69) is 11.9 Å². The number of pyridine rings is 1. The highest BCUT2D eigenvalue weighted by Crippen LogP contribution is 2.25. The first-order chi connectivity index (χ1) is 8.24. The van der Waals surface area contributed by atoms with Crippen LogP contribution in [0.1, 0.15) is 26.5 Å². The van der Waals surface area contributed by atoms with Gasteiger partial charge in [0.2, 0.25) is 0 Å². The van der Waals surface area contributed by atoms with Crippen LogP contribution < -0.4 is 10.5 Å². The summed E-state index contributed by atoms with van der Waals surface area (Å²) >= 11 is 0. The normalized spacial score (nSPS) is 9.65. The topological polar surface area (TPSA) is 48.1 Å². The number of aryl methyl sites for hydroxylation is 1. The molecule has 0 bridgehead atoms. The van der Waals surface area contributed by atoms with E-state index in [1.165, 1.54) is 0 Å². The Bertz CT molecular complexity index is 495. The molecule has 1 aromatic carbocycles. The van der Waals surface area contributed by atoms with Crippen molar-refractivity contribution in [1.82, 2.24) is 4.98 Å². The lowest BCUT2D eigenvalue weighted by Gasteiger charge is -2.06. The smallest absolute Gasteiger partial charge is 0.119 e. The molecular formula is C14H20N2O. The van der Waals surface area contributed by atoms with Gasteiger partial charge in [0.15, 0.2) is 0 Å². The summed E-state index contributed by atoms with van der Waals surface area (Å²) in [5.41, 5.74) is 8.66. The van der Waals surface area contributed by atoms with Gasteiger partial charge in [-0.1, -0.05) is 20.8 Å². The zero-order valence-corrected chi connectivity index (χ0v) is 10.9. The first-order valence-electron chi connectivity index (χ1n) is 5.97. The summed E-state index contributed by atoms with van der Waals surface area (Å²) in [5.74, 6) is 0.806. The fourth-order valence-electron chi connectivity index (χ4n) is 1.60. The molecule has 0 spiro atoms. The second-order valence-electron chi connectivity index (χ2n) is 3.44. The highest BCUT2D eigenvalue weighted by Gasteiger charge is 2.03. The average molecular weight is 232 g/mol. The second-order valence-corrected chi connectivity index (χ2v) is 3.44. The van der Waals surface area contributed by atoms with E-state index < -0.39 is 0 Å². The molecule has 0 amide bonds. The van der Waals surface area contributed by atoms with Crippen molar-refractivity contribution < 1.29 is 4.74 Å². The molecule has 0 unspecified atom stereocenters. The van der Waals surface area contributed by atoms with Crippen molar-refractivity contribution in [2.24, 2.45) is 0 Å². The van der Waals surface area contributed by atoms with Gasteiger partial charge >= 0.3 is 0 Å². The standard InChI is InChI=1S/C12H14N2O.C2H6/c1-3-8-6-11(13)10-7-9(15-2)4-5-12(10)14-8;1-2/h4-7H,3H2,1-2H3,(H2,13,14);1-2H3. The Kier molecular flexibility index (Phi) is 4.76. The molecule has 0 aliphatic rings. The molecule has 0 saturated heterocycles. The largest absolute Gasteiger partial charge is 0.497 e. The van der Waals surface area contributed by atoms with Crippen LogP contribution in [-0.2, 0) is 6.42 Å². The molecule has 0 atom stereocenters. The number of hydrogen-bond acceptors (Lipinski definition) is 3. The maximum absolute atomic E-state index is 5.96. The number of aromatic nitrogens is 1. The number of hydrogen-bond donors (Lipinski definition) is 1. The Labute approximate surface area is 103 Å². The Balaban J connectivity index is 0.000000686. The van der Waals surface area contributed by atoms with E-state index in [0.717, 1.165) is 34.5 Å². The molecule has 2 rings (SSSR count). The summed E-state index contributed by atoms with van der Waals surface area (Å²) in [7, 11) is 1.64. The molecule has 17 heavy (non-hydrogen) atoms. The van der Waals surface area contributed by atoms with Gasteiger partial charge in [-0.3, -0.25) is 4.98 Å². The fraction of sp³-hybridized carbons (Fsp3) is 0.357. The van der Waals surface area contributed by atoms with Gasteiger partial charge in [0.1, 0.15) is 5.75 Å². The molecule has 92 valence electrons. The van der Waals surface area contributed by atoms with Crippen LogP contribution in [0.15, 0.2) is 24.3 Å². The molecule has 1 aromatic heterocycles. The highest BCUT2D eigenvalue weighted by atomic mass is 16.5. The van der Waals surface area contributed by atoms with Crippen molar-refractivity contribution in [2.75, 3.05) is 12.8 Å². The van der Waals surface area contributed by atoms with Crippen LogP contribution in [0.4, 0.5) is 5.69 Å². The third-order valence-corrected chi connectivity index (χ3v) is 2.46. The Morgan fingerprint density at radius 2 is 1.94 bits per heavy atom. The summed E-state index contributed by atoms with van der Waals surface area (Å²) in [5, 5.41) is 0.951. The molecule has 2 N–H and O–H groups in total. The summed E-state index contributed by atoms with van der Waals surface area (Å²) in [6.07, 6.45) is 0.895. The number of benzene rings is 1. The van der Waals surface area contributed by atoms with Gasteiger partial charge in [0, 0.05) is 16.8 Å². The van der Waals surface area contributed by atoms with E-state index in [4.69, 9.17) is 10.5 Å². The fourth-order valence-corrected chi connectivity index (χ4v) is 1.60. The van der Waals surface area contributed by atoms with Crippen molar-refractivity contribution >= 4 is 16.6 Å². The van der Waals surface area contributed by atoms with Gasteiger partial charge in [-0.05, 0) is 30.7 Å². The summed E-state index contributed by atoms with van der Waals surface area (Å²) in [6, 6.07) is 7.66. The zero-order chi connectivity index (χ0) is 12.8. The zero-order valence-electron chi connectivity index (χ0n) is 10.9. The molecule has 0 radical (unpaired) electrons. The van der Waals surface area contributed by atoms with Gasteiger partial charge in [-0.25, -0.2) is 0 Å². The quantitative estimate of drug-likeness (QED) is 0.863. The Morgan fingerprint density at radius 1 is 1.24 bits per heavy atom.